The second-order valence-corrected chi connectivity index (χ2v) is 5.27. The van der Waals surface area contributed by atoms with Gasteiger partial charge in [-0.25, -0.2) is 4.98 Å². The lowest BCUT2D eigenvalue weighted by Gasteiger charge is -2.28. The lowest BCUT2D eigenvalue weighted by molar-refractivity contribution is -0.144. The van der Waals surface area contributed by atoms with Crippen molar-refractivity contribution in [3.05, 3.63) is 17.5 Å². The molecule has 6 heteroatoms. The number of aromatic nitrogens is 2. The van der Waals surface area contributed by atoms with E-state index < -0.39 is 0 Å². The van der Waals surface area contributed by atoms with E-state index in [1.807, 2.05) is 6.92 Å². The molecule has 0 N–H and O–H groups in total. The highest BCUT2D eigenvalue weighted by Gasteiger charge is 2.24. The first-order valence-electron chi connectivity index (χ1n) is 6.98. The number of carbonyl (C=O) groups is 1. The van der Waals surface area contributed by atoms with E-state index in [-0.39, 0.29) is 17.4 Å². The highest BCUT2D eigenvalue weighted by Crippen LogP contribution is 2.29. The molecule has 0 bridgehead atoms. The van der Waals surface area contributed by atoms with Crippen LogP contribution < -0.4 is 4.74 Å². The molecule has 1 aromatic heterocycles. The van der Waals surface area contributed by atoms with Crippen LogP contribution in [0.1, 0.15) is 39.0 Å². The van der Waals surface area contributed by atoms with Gasteiger partial charge in [-0.05, 0) is 50.1 Å². The largest absolute Gasteiger partial charge is 0.474 e. The molecule has 20 heavy (non-hydrogen) atoms. The van der Waals surface area contributed by atoms with Crippen molar-refractivity contribution in [3.63, 3.8) is 0 Å². The predicted molar refractivity (Wildman–Crippen MR) is 74.7 cm³/mol. The molecule has 0 saturated heterocycles. The number of ether oxygens (including phenoxy) is 2. The van der Waals surface area contributed by atoms with E-state index in [1.165, 1.54) is 0 Å². The molecule has 2 rings (SSSR count). The van der Waals surface area contributed by atoms with Gasteiger partial charge in [-0.3, -0.25) is 4.79 Å². The standard InChI is InChI=1S/C14H19ClN2O3/c1-2-19-13(18)9-10-3-5-11(6-4-10)20-12-7-8-16-14(15)17-12/h7-8,10-11H,2-6,9H2,1H3/t10-,11+. The maximum Gasteiger partial charge on any atom is 0.306 e. The minimum Gasteiger partial charge on any atom is -0.474 e. The van der Waals surface area contributed by atoms with Gasteiger partial charge in [-0.1, -0.05) is 0 Å². The van der Waals surface area contributed by atoms with Crippen molar-refractivity contribution >= 4 is 17.6 Å². The monoisotopic (exact) mass is 298 g/mol. The Hall–Kier alpha value is -1.36. The average molecular weight is 299 g/mol. The second-order valence-electron chi connectivity index (χ2n) is 4.93. The molecule has 1 saturated carbocycles. The Bertz CT molecular complexity index is 448. The molecule has 1 fully saturated rings. The normalized spacial score (nSPS) is 22.3. The van der Waals surface area contributed by atoms with Crippen LogP contribution in [0.15, 0.2) is 12.3 Å². The third-order valence-corrected chi connectivity index (χ3v) is 3.62. The van der Waals surface area contributed by atoms with E-state index in [0.29, 0.717) is 24.8 Å². The quantitative estimate of drug-likeness (QED) is 0.617. The average Bonchev–Trinajstić information content (AvgIpc) is 2.41. The minimum atomic E-state index is -0.0977. The first-order chi connectivity index (χ1) is 9.67. The van der Waals surface area contributed by atoms with Crippen LogP contribution in [0.5, 0.6) is 5.88 Å². The highest BCUT2D eigenvalue weighted by atomic mass is 35.5. The number of nitrogens with zero attached hydrogens (tertiary/aromatic N) is 2. The van der Waals surface area contributed by atoms with Gasteiger partial charge >= 0.3 is 5.97 Å². The Labute approximate surface area is 123 Å². The Balaban J connectivity index is 1.75. The number of hydrogen-bond acceptors (Lipinski definition) is 5. The Kier molecular flexibility index (Phi) is 5.59. The van der Waals surface area contributed by atoms with Gasteiger partial charge in [0.1, 0.15) is 6.10 Å². The van der Waals surface area contributed by atoms with Crippen molar-refractivity contribution in [1.29, 1.82) is 0 Å². The number of esters is 1. The predicted octanol–water partition coefficient (Wildman–Crippen LogP) is 3.02. The fourth-order valence-corrected chi connectivity index (χ4v) is 2.61. The molecule has 0 radical (unpaired) electrons. The van der Waals surface area contributed by atoms with Crippen LogP contribution in [0.25, 0.3) is 0 Å². The van der Waals surface area contributed by atoms with Gasteiger partial charge in [0, 0.05) is 18.7 Å². The SMILES string of the molecule is CCOC(=O)C[C@H]1CC[C@@H](Oc2ccnc(Cl)n2)CC1. The van der Waals surface area contributed by atoms with E-state index in [2.05, 4.69) is 9.97 Å². The Morgan fingerprint density at radius 1 is 1.40 bits per heavy atom. The second kappa shape index (κ2) is 7.43. The van der Waals surface area contributed by atoms with E-state index in [4.69, 9.17) is 21.1 Å². The Morgan fingerprint density at radius 2 is 2.15 bits per heavy atom. The van der Waals surface area contributed by atoms with Gasteiger partial charge in [0.25, 0.3) is 0 Å². The number of carbonyl (C=O) groups excluding carboxylic acids is 1. The van der Waals surface area contributed by atoms with Crippen LogP contribution in [-0.2, 0) is 9.53 Å². The molecule has 1 aliphatic carbocycles. The van der Waals surface area contributed by atoms with Crippen LogP contribution in [0, 0.1) is 5.92 Å². The fourth-order valence-electron chi connectivity index (χ4n) is 2.47. The summed E-state index contributed by atoms with van der Waals surface area (Å²) < 4.78 is 10.8. The number of hydrogen-bond donors (Lipinski definition) is 0. The zero-order valence-corrected chi connectivity index (χ0v) is 12.3. The molecule has 0 atom stereocenters. The zero-order valence-electron chi connectivity index (χ0n) is 11.5. The van der Waals surface area contributed by atoms with Crippen LogP contribution >= 0.6 is 11.6 Å². The summed E-state index contributed by atoms with van der Waals surface area (Å²) in [6.45, 7) is 2.28. The van der Waals surface area contributed by atoms with Gasteiger partial charge < -0.3 is 9.47 Å². The molecule has 1 aliphatic rings. The molecule has 1 aromatic rings. The van der Waals surface area contributed by atoms with Crippen molar-refractivity contribution < 1.29 is 14.3 Å². The molecule has 0 aromatic carbocycles. The molecular formula is C14H19ClN2O3. The van der Waals surface area contributed by atoms with Crippen molar-refractivity contribution in [2.24, 2.45) is 5.92 Å². The topological polar surface area (TPSA) is 61.3 Å². The van der Waals surface area contributed by atoms with E-state index in [9.17, 15) is 4.79 Å². The summed E-state index contributed by atoms with van der Waals surface area (Å²) in [6.07, 6.45) is 6.03. The third-order valence-electron chi connectivity index (χ3n) is 3.44. The summed E-state index contributed by atoms with van der Waals surface area (Å²) in [4.78, 5) is 19.3. The smallest absolute Gasteiger partial charge is 0.306 e. The summed E-state index contributed by atoms with van der Waals surface area (Å²) in [5, 5.41) is 0.193. The lowest BCUT2D eigenvalue weighted by atomic mass is 9.85. The summed E-state index contributed by atoms with van der Waals surface area (Å²) in [5.74, 6) is 0.821. The molecule has 0 spiro atoms. The van der Waals surface area contributed by atoms with E-state index in [0.717, 1.165) is 25.7 Å². The molecule has 110 valence electrons. The van der Waals surface area contributed by atoms with Crippen LogP contribution in [0.2, 0.25) is 5.28 Å². The maximum atomic E-state index is 11.4. The van der Waals surface area contributed by atoms with Gasteiger partial charge in [-0.15, -0.1) is 0 Å². The van der Waals surface area contributed by atoms with E-state index >= 15 is 0 Å². The Morgan fingerprint density at radius 3 is 2.80 bits per heavy atom. The molecule has 5 nitrogen and oxygen atoms in total. The number of halogens is 1. The summed E-state index contributed by atoms with van der Waals surface area (Å²) in [7, 11) is 0. The van der Waals surface area contributed by atoms with E-state index in [1.54, 1.807) is 12.3 Å². The number of rotatable bonds is 5. The first-order valence-corrected chi connectivity index (χ1v) is 7.36. The third kappa shape index (κ3) is 4.63. The van der Waals surface area contributed by atoms with Crippen LogP contribution in [0.3, 0.4) is 0 Å². The van der Waals surface area contributed by atoms with Gasteiger partial charge in [0.05, 0.1) is 6.61 Å². The molecule has 0 aliphatic heterocycles. The summed E-state index contributed by atoms with van der Waals surface area (Å²) in [6, 6.07) is 1.70. The molecule has 0 amide bonds. The highest BCUT2D eigenvalue weighted by molar-refractivity contribution is 6.28. The molecular weight excluding hydrogens is 280 g/mol. The molecule has 1 heterocycles. The first kappa shape index (κ1) is 15.0. The summed E-state index contributed by atoms with van der Waals surface area (Å²) in [5.41, 5.74) is 0. The minimum absolute atomic E-state index is 0.0977. The van der Waals surface area contributed by atoms with Gasteiger partial charge in [-0.2, -0.15) is 4.98 Å². The fraction of sp³-hybridized carbons (Fsp3) is 0.643. The summed E-state index contributed by atoms with van der Waals surface area (Å²) >= 11 is 5.72. The lowest BCUT2D eigenvalue weighted by Crippen LogP contribution is -2.26. The van der Waals surface area contributed by atoms with Gasteiger partial charge in [0.2, 0.25) is 11.2 Å². The van der Waals surface area contributed by atoms with Crippen molar-refractivity contribution in [1.82, 2.24) is 9.97 Å². The maximum absolute atomic E-state index is 11.4. The van der Waals surface area contributed by atoms with Crippen LogP contribution in [0.4, 0.5) is 0 Å². The molecule has 0 unspecified atom stereocenters. The van der Waals surface area contributed by atoms with Crippen LogP contribution in [-0.4, -0.2) is 28.6 Å². The van der Waals surface area contributed by atoms with Crippen molar-refractivity contribution in [2.75, 3.05) is 6.61 Å². The van der Waals surface area contributed by atoms with Crippen molar-refractivity contribution in [2.45, 2.75) is 45.1 Å². The van der Waals surface area contributed by atoms with Gasteiger partial charge in [0.15, 0.2) is 0 Å². The zero-order chi connectivity index (χ0) is 14.4. The van der Waals surface area contributed by atoms with Crippen molar-refractivity contribution in [3.8, 4) is 5.88 Å².